The third-order valence-electron chi connectivity index (χ3n) is 2.85. The lowest BCUT2D eigenvalue weighted by Gasteiger charge is -2.07. The monoisotopic (exact) mass is 340 g/mol. The first-order valence-corrected chi connectivity index (χ1v) is 7.30. The zero-order valence-electron chi connectivity index (χ0n) is 11.6. The Morgan fingerprint density at radius 3 is 2.59 bits per heavy atom. The Bertz CT molecular complexity index is 657. The summed E-state index contributed by atoms with van der Waals surface area (Å²) in [5.41, 5.74) is 0.652. The molecule has 0 aliphatic rings. The Hall–Kier alpha value is -1.98. The van der Waals surface area contributed by atoms with Crippen LogP contribution in [0.3, 0.4) is 0 Å². The van der Waals surface area contributed by atoms with Crippen LogP contribution in [-0.4, -0.2) is 18.4 Å². The van der Waals surface area contributed by atoms with Gasteiger partial charge in [0.2, 0.25) is 11.8 Å². The van der Waals surface area contributed by atoms with Gasteiger partial charge in [-0.15, -0.1) is 0 Å². The lowest BCUT2D eigenvalue weighted by molar-refractivity contribution is -0.125. The maximum absolute atomic E-state index is 11.8. The van der Waals surface area contributed by atoms with E-state index in [4.69, 9.17) is 27.6 Å². The number of benzene rings is 1. The molecule has 0 atom stereocenters. The standard InChI is InChI=1S/C15H14Cl2N2O3/c16-11-4-3-10(13(17)7-11)6-14(20)19-9-15(21)18-8-12-2-1-5-22-12/h1-5,7H,6,8-9H2,(H,18,21)(H,19,20). The van der Waals surface area contributed by atoms with Gasteiger partial charge in [-0.2, -0.15) is 0 Å². The van der Waals surface area contributed by atoms with Gasteiger partial charge in [0.25, 0.3) is 0 Å². The number of hydrogen-bond donors (Lipinski definition) is 2. The average molecular weight is 341 g/mol. The fourth-order valence-electron chi connectivity index (χ4n) is 1.74. The van der Waals surface area contributed by atoms with Crippen molar-refractivity contribution in [1.29, 1.82) is 0 Å². The molecular weight excluding hydrogens is 327 g/mol. The fraction of sp³-hybridized carbons (Fsp3) is 0.200. The normalized spacial score (nSPS) is 10.3. The molecule has 7 heteroatoms. The molecule has 0 fully saturated rings. The summed E-state index contributed by atoms with van der Waals surface area (Å²) >= 11 is 11.8. The van der Waals surface area contributed by atoms with E-state index in [1.807, 2.05) is 0 Å². The Morgan fingerprint density at radius 1 is 1.09 bits per heavy atom. The van der Waals surface area contributed by atoms with E-state index >= 15 is 0 Å². The van der Waals surface area contributed by atoms with Crippen molar-refractivity contribution in [3.8, 4) is 0 Å². The van der Waals surface area contributed by atoms with Crippen molar-refractivity contribution in [2.24, 2.45) is 0 Å². The average Bonchev–Trinajstić information content (AvgIpc) is 2.99. The number of furan rings is 1. The summed E-state index contributed by atoms with van der Waals surface area (Å²) < 4.78 is 5.08. The van der Waals surface area contributed by atoms with E-state index in [-0.39, 0.29) is 31.3 Å². The van der Waals surface area contributed by atoms with Gasteiger partial charge in [0.05, 0.1) is 25.8 Å². The van der Waals surface area contributed by atoms with Gasteiger partial charge < -0.3 is 15.1 Å². The van der Waals surface area contributed by atoms with E-state index in [0.29, 0.717) is 21.4 Å². The Labute approximate surface area is 137 Å². The van der Waals surface area contributed by atoms with Crippen LogP contribution in [-0.2, 0) is 22.6 Å². The van der Waals surface area contributed by atoms with Crippen molar-refractivity contribution in [3.05, 3.63) is 58.0 Å². The zero-order valence-corrected chi connectivity index (χ0v) is 13.1. The van der Waals surface area contributed by atoms with Crippen LogP contribution in [0.25, 0.3) is 0 Å². The van der Waals surface area contributed by atoms with Crippen molar-refractivity contribution >= 4 is 35.0 Å². The van der Waals surface area contributed by atoms with Crippen LogP contribution in [0, 0.1) is 0 Å². The van der Waals surface area contributed by atoms with E-state index in [9.17, 15) is 9.59 Å². The van der Waals surface area contributed by atoms with Gasteiger partial charge in [0.1, 0.15) is 5.76 Å². The molecule has 0 aliphatic carbocycles. The highest BCUT2D eigenvalue weighted by atomic mass is 35.5. The van der Waals surface area contributed by atoms with Gasteiger partial charge in [0, 0.05) is 10.0 Å². The van der Waals surface area contributed by atoms with Gasteiger partial charge >= 0.3 is 0 Å². The predicted octanol–water partition coefficient (Wildman–Crippen LogP) is 2.56. The molecule has 22 heavy (non-hydrogen) atoms. The van der Waals surface area contributed by atoms with Crippen molar-refractivity contribution in [3.63, 3.8) is 0 Å². The largest absolute Gasteiger partial charge is 0.467 e. The first-order chi connectivity index (χ1) is 10.5. The molecule has 0 aliphatic heterocycles. The van der Waals surface area contributed by atoms with E-state index in [1.165, 1.54) is 6.26 Å². The van der Waals surface area contributed by atoms with Crippen LogP contribution >= 0.6 is 23.2 Å². The van der Waals surface area contributed by atoms with Crippen LogP contribution in [0.1, 0.15) is 11.3 Å². The van der Waals surface area contributed by atoms with E-state index in [2.05, 4.69) is 10.6 Å². The second kappa shape index (κ2) is 7.87. The lowest BCUT2D eigenvalue weighted by atomic mass is 10.1. The molecule has 0 bridgehead atoms. The molecule has 0 unspecified atom stereocenters. The third-order valence-corrected chi connectivity index (χ3v) is 3.44. The summed E-state index contributed by atoms with van der Waals surface area (Å²) in [6, 6.07) is 8.40. The van der Waals surface area contributed by atoms with Crippen LogP contribution < -0.4 is 10.6 Å². The number of amides is 2. The zero-order chi connectivity index (χ0) is 15.9. The van der Waals surface area contributed by atoms with Gasteiger partial charge in [0.15, 0.2) is 0 Å². The summed E-state index contributed by atoms with van der Waals surface area (Å²) in [7, 11) is 0. The van der Waals surface area contributed by atoms with E-state index in [0.717, 1.165) is 0 Å². The van der Waals surface area contributed by atoms with Crippen molar-refractivity contribution in [1.82, 2.24) is 10.6 Å². The predicted molar refractivity (Wildman–Crippen MR) is 83.7 cm³/mol. The second-order valence-electron chi connectivity index (χ2n) is 4.55. The maximum atomic E-state index is 11.8. The first-order valence-electron chi connectivity index (χ1n) is 6.54. The molecule has 0 radical (unpaired) electrons. The third kappa shape index (κ3) is 5.09. The Kier molecular flexibility index (Phi) is 5.86. The fourth-order valence-corrected chi connectivity index (χ4v) is 2.22. The summed E-state index contributed by atoms with van der Waals surface area (Å²) in [5.74, 6) is 0.0527. The molecule has 1 aromatic carbocycles. The minimum Gasteiger partial charge on any atom is -0.467 e. The Balaban J connectivity index is 1.74. The van der Waals surface area contributed by atoms with Crippen LogP contribution in [0.4, 0.5) is 0 Å². The molecule has 1 aromatic heterocycles. The molecule has 0 saturated heterocycles. The highest BCUT2D eigenvalue weighted by Gasteiger charge is 2.09. The molecule has 5 nitrogen and oxygen atoms in total. The quantitative estimate of drug-likeness (QED) is 0.848. The van der Waals surface area contributed by atoms with Gasteiger partial charge in [-0.25, -0.2) is 0 Å². The molecule has 1 heterocycles. The minimum atomic E-state index is -0.299. The van der Waals surface area contributed by atoms with Crippen LogP contribution in [0.5, 0.6) is 0 Å². The smallest absolute Gasteiger partial charge is 0.239 e. The summed E-state index contributed by atoms with van der Waals surface area (Å²) in [5, 5.41) is 6.09. The number of hydrogen-bond acceptors (Lipinski definition) is 3. The van der Waals surface area contributed by atoms with Crippen LogP contribution in [0.15, 0.2) is 41.0 Å². The van der Waals surface area contributed by atoms with Crippen molar-refractivity contribution in [2.45, 2.75) is 13.0 Å². The summed E-state index contributed by atoms with van der Waals surface area (Å²) in [6.07, 6.45) is 1.61. The summed E-state index contributed by atoms with van der Waals surface area (Å²) in [4.78, 5) is 23.4. The van der Waals surface area contributed by atoms with Gasteiger partial charge in [-0.1, -0.05) is 29.3 Å². The number of carbonyl (C=O) groups excluding carboxylic acids is 2. The molecule has 2 rings (SSSR count). The first kappa shape index (κ1) is 16.4. The second-order valence-corrected chi connectivity index (χ2v) is 5.39. The highest BCUT2D eigenvalue weighted by molar-refractivity contribution is 6.35. The molecule has 116 valence electrons. The highest BCUT2D eigenvalue weighted by Crippen LogP contribution is 2.21. The van der Waals surface area contributed by atoms with Crippen molar-refractivity contribution in [2.75, 3.05) is 6.54 Å². The Morgan fingerprint density at radius 2 is 1.91 bits per heavy atom. The molecule has 2 amide bonds. The molecule has 0 spiro atoms. The van der Waals surface area contributed by atoms with Gasteiger partial charge in [-0.05, 0) is 29.8 Å². The number of carbonyl (C=O) groups is 2. The minimum absolute atomic E-state index is 0.0848. The molecular formula is C15H14Cl2N2O3. The molecule has 0 saturated carbocycles. The van der Waals surface area contributed by atoms with Gasteiger partial charge in [-0.3, -0.25) is 9.59 Å². The molecule has 2 N–H and O–H groups in total. The van der Waals surface area contributed by atoms with Crippen molar-refractivity contribution < 1.29 is 14.0 Å². The summed E-state index contributed by atoms with van der Waals surface area (Å²) in [6.45, 7) is 0.176. The van der Waals surface area contributed by atoms with E-state index in [1.54, 1.807) is 30.3 Å². The topological polar surface area (TPSA) is 71.3 Å². The van der Waals surface area contributed by atoms with E-state index < -0.39 is 0 Å². The number of nitrogens with one attached hydrogen (secondary N) is 2. The lowest BCUT2D eigenvalue weighted by Crippen LogP contribution is -2.37. The number of halogens is 2. The maximum Gasteiger partial charge on any atom is 0.239 e. The number of rotatable bonds is 6. The SMILES string of the molecule is O=C(CNC(=O)Cc1ccc(Cl)cc1Cl)NCc1ccco1. The molecule has 2 aromatic rings. The van der Waals surface area contributed by atoms with Crippen LogP contribution in [0.2, 0.25) is 10.0 Å².